The first kappa shape index (κ1) is 21.4. The molecule has 4 N–H and O–H groups in total. The highest BCUT2D eigenvalue weighted by Gasteiger charge is 2.49. The van der Waals surface area contributed by atoms with Crippen LogP contribution < -0.4 is 16.4 Å². The third-order valence-corrected chi connectivity index (χ3v) is 6.84. The van der Waals surface area contributed by atoms with Gasteiger partial charge in [0.25, 0.3) is 5.91 Å². The van der Waals surface area contributed by atoms with Crippen molar-refractivity contribution < 1.29 is 14.0 Å². The highest BCUT2D eigenvalue weighted by atomic mass is 35.5. The molecule has 4 rings (SSSR count). The molecule has 0 saturated heterocycles. The maximum atomic E-state index is 15.5. The predicted octanol–water partition coefficient (Wildman–Crippen LogP) is 3.03. The van der Waals surface area contributed by atoms with E-state index >= 15 is 4.39 Å². The zero-order chi connectivity index (χ0) is 22.5. The number of nitrogens with one attached hydrogen (secondary N) is 2. The van der Waals surface area contributed by atoms with Crippen molar-refractivity contribution in [2.75, 3.05) is 38.7 Å². The van der Waals surface area contributed by atoms with Gasteiger partial charge in [0, 0.05) is 67.6 Å². The lowest BCUT2D eigenvalue weighted by molar-refractivity contribution is -0.124. The molecule has 164 valence electrons. The first-order chi connectivity index (χ1) is 14.7. The first-order valence-electron chi connectivity index (χ1n) is 10.1. The second kappa shape index (κ2) is 7.67. The summed E-state index contributed by atoms with van der Waals surface area (Å²) in [6.45, 7) is 0.626. The van der Waals surface area contributed by atoms with Crippen LogP contribution in [0.2, 0.25) is 5.02 Å². The summed E-state index contributed by atoms with van der Waals surface area (Å²) in [6.07, 6.45) is 3.69. The fourth-order valence-corrected chi connectivity index (χ4v) is 5.26. The fraction of sp³-hybridized carbons (Fsp3) is 0.409. The predicted molar refractivity (Wildman–Crippen MR) is 119 cm³/mol. The number of hydrogen-bond donors (Lipinski definition) is 3. The molecule has 2 aliphatic rings. The number of nitrogens with zero attached hydrogens (tertiary/aromatic N) is 2. The van der Waals surface area contributed by atoms with Crippen molar-refractivity contribution in [3.8, 4) is 11.1 Å². The van der Waals surface area contributed by atoms with Crippen molar-refractivity contribution in [2.45, 2.75) is 24.7 Å². The standard InChI is InChI=1S/C22H25ClFN5O2/c1-26-20(30)11-6-7-22(8-11)10-28-19-16(22)17(23)13(9-27-19)12-4-5-14(25)15(18(12)24)21(31)29(2)3/h4-5,9,11H,6-8,10,25H2,1-3H3,(H,26,30)(H,27,28)/t11-,22-/m1/s1. The Hall–Kier alpha value is -2.87. The van der Waals surface area contributed by atoms with Crippen molar-refractivity contribution in [3.05, 3.63) is 40.3 Å². The first-order valence-corrected chi connectivity index (χ1v) is 10.5. The molecule has 31 heavy (non-hydrogen) atoms. The van der Waals surface area contributed by atoms with E-state index in [4.69, 9.17) is 17.3 Å². The van der Waals surface area contributed by atoms with Gasteiger partial charge in [0.2, 0.25) is 5.91 Å². The second-order valence-electron chi connectivity index (χ2n) is 8.49. The van der Waals surface area contributed by atoms with Crippen LogP contribution in [-0.4, -0.2) is 49.4 Å². The molecule has 2 heterocycles. The number of fused-ring (bicyclic) bond motifs is 2. The Labute approximate surface area is 185 Å². The zero-order valence-corrected chi connectivity index (χ0v) is 18.4. The third kappa shape index (κ3) is 3.29. The van der Waals surface area contributed by atoms with E-state index in [1.165, 1.54) is 37.3 Å². The van der Waals surface area contributed by atoms with Crippen LogP contribution in [-0.2, 0) is 10.2 Å². The van der Waals surface area contributed by atoms with Crippen molar-refractivity contribution >= 4 is 34.9 Å². The summed E-state index contributed by atoms with van der Waals surface area (Å²) in [7, 11) is 4.71. The fourth-order valence-electron chi connectivity index (χ4n) is 4.82. The molecule has 1 spiro atoms. The normalized spacial score (nSPS) is 21.6. The van der Waals surface area contributed by atoms with Crippen LogP contribution in [0.1, 0.15) is 35.2 Å². The van der Waals surface area contributed by atoms with Gasteiger partial charge in [0.15, 0.2) is 0 Å². The topological polar surface area (TPSA) is 100 Å². The molecule has 7 nitrogen and oxygen atoms in total. The summed E-state index contributed by atoms with van der Waals surface area (Å²) in [6, 6.07) is 3.02. The maximum absolute atomic E-state index is 15.5. The molecule has 0 unspecified atom stereocenters. The number of carbonyl (C=O) groups excluding carboxylic acids is 2. The molecule has 0 bridgehead atoms. The van der Waals surface area contributed by atoms with Gasteiger partial charge < -0.3 is 21.3 Å². The Morgan fingerprint density at radius 2 is 2.10 bits per heavy atom. The highest BCUT2D eigenvalue weighted by molar-refractivity contribution is 6.34. The molecule has 0 radical (unpaired) electrons. The number of aromatic nitrogens is 1. The van der Waals surface area contributed by atoms with Gasteiger partial charge in [0.1, 0.15) is 11.6 Å². The smallest absolute Gasteiger partial charge is 0.258 e. The van der Waals surface area contributed by atoms with Gasteiger partial charge in [-0.15, -0.1) is 0 Å². The van der Waals surface area contributed by atoms with Gasteiger partial charge in [-0.2, -0.15) is 0 Å². The number of benzene rings is 1. The van der Waals surface area contributed by atoms with Crippen LogP contribution in [0, 0.1) is 11.7 Å². The SMILES string of the molecule is CNC(=O)[C@@H]1CC[C@]2(CNc3ncc(-c4ccc(N)c(C(=O)N(C)C)c4F)c(Cl)c32)C1. The van der Waals surface area contributed by atoms with Gasteiger partial charge in [0.05, 0.1) is 10.6 Å². The lowest BCUT2D eigenvalue weighted by Gasteiger charge is -2.25. The lowest BCUT2D eigenvalue weighted by Crippen LogP contribution is -2.30. The average molecular weight is 446 g/mol. The molecule has 9 heteroatoms. The second-order valence-corrected chi connectivity index (χ2v) is 8.87. The van der Waals surface area contributed by atoms with Crippen molar-refractivity contribution in [1.29, 1.82) is 0 Å². The summed E-state index contributed by atoms with van der Waals surface area (Å²) >= 11 is 6.85. The number of pyridine rings is 1. The minimum absolute atomic E-state index is 0.0157. The molecule has 1 saturated carbocycles. The summed E-state index contributed by atoms with van der Waals surface area (Å²) in [5, 5.41) is 6.41. The molecule has 1 fully saturated rings. The van der Waals surface area contributed by atoms with E-state index in [0.717, 1.165) is 18.4 Å². The molecule has 2 amide bonds. The largest absolute Gasteiger partial charge is 0.398 e. The molecule has 1 aliphatic heterocycles. The van der Waals surface area contributed by atoms with Gasteiger partial charge in [-0.25, -0.2) is 9.37 Å². The van der Waals surface area contributed by atoms with E-state index in [-0.39, 0.29) is 34.1 Å². The van der Waals surface area contributed by atoms with Crippen LogP contribution >= 0.6 is 11.6 Å². The zero-order valence-electron chi connectivity index (χ0n) is 17.7. The van der Waals surface area contributed by atoms with Gasteiger partial charge in [-0.3, -0.25) is 9.59 Å². The lowest BCUT2D eigenvalue weighted by atomic mass is 9.79. The summed E-state index contributed by atoms with van der Waals surface area (Å²) in [4.78, 5) is 30.4. The molecule has 2 aromatic rings. The number of rotatable bonds is 3. The number of amides is 2. The van der Waals surface area contributed by atoms with E-state index in [2.05, 4.69) is 15.6 Å². The van der Waals surface area contributed by atoms with E-state index in [1.807, 2.05) is 0 Å². The highest BCUT2D eigenvalue weighted by Crippen LogP contribution is 2.53. The van der Waals surface area contributed by atoms with E-state index < -0.39 is 11.7 Å². The van der Waals surface area contributed by atoms with Crippen molar-refractivity contribution in [3.63, 3.8) is 0 Å². The summed E-state index contributed by atoms with van der Waals surface area (Å²) < 4.78 is 15.5. The van der Waals surface area contributed by atoms with Crippen molar-refractivity contribution in [2.24, 2.45) is 5.92 Å². The molecular formula is C22H25ClFN5O2. The Bertz CT molecular complexity index is 1090. The van der Waals surface area contributed by atoms with Crippen LogP contribution in [0.3, 0.4) is 0 Å². The Morgan fingerprint density at radius 3 is 2.77 bits per heavy atom. The minimum atomic E-state index is -0.725. The average Bonchev–Trinajstić information content (AvgIpc) is 3.33. The van der Waals surface area contributed by atoms with E-state index in [9.17, 15) is 9.59 Å². The van der Waals surface area contributed by atoms with Gasteiger partial charge >= 0.3 is 0 Å². The number of carbonyl (C=O) groups is 2. The van der Waals surface area contributed by atoms with E-state index in [0.29, 0.717) is 29.4 Å². The number of anilines is 2. The number of nitrogen functional groups attached to an aromatic ring is 1. The minimum Gasteiger partial charge on any atom is -0.398 e. The quantitative estimate of drug-likeness (QED) is 0.630. The molecule has 1 aromatic heterocycles. The Kier molecular flexibility index (Phi) is 5.29. The molecule has 1 aromatic carbocycles. The number of halogens is 2. The van der Waals surface area contributed by atoms with Crippen LogP contribution in [0.15, 0.2) is 18.3 Å². The Balaban J connectivity index is 1.82. The molecule has 2 atom stereocenters. The van der Waals surface area contributed by atoms with Crippen LogP contribution in [0.4, 0.5) is 15.9 Å². The van der Waals surface area contributed by atoms with E-state index in [1.54, 1.807) is 7.05 Å². The maximum Gasteiger partial charge on any atom is 0.258 e. The summed E-state index contributed by atoms with van der Waals surface area (Å²) in [5.74, 6) is -0.676. The number of nitrogens with two attached hydrogens (primary N) is 1. The van der Waals surface area contributed by atoms with Crippen LogP contribution in [0.25, 0.3) is 11.1 Å². The number of hydrogen-bond acceptors (Lipinski definition) is 5. The van der Waals surface area contributed by atoms with Crippen molar-refractivity contribution in [1.82, 2.24) is 15.2 Å². The van der Waals surface area contributed by atoms with Gasteiger partial charge in [-0.1, -0.05) is 11.6 Å². The molecular weight excluding hydrogens is 421 g/mol. The molecule has 1 aliphatic carbocycles. The monoisotopic (exact) mass is 445 g/mol. The van der Waals surface area contributed by atoms with Crippen LogP contribution in [0.5, 0.6) is 0 Å². The van der Waals surface area contributed by atoms with Gasteiger partial charge in [-0.05, 0) is 31.4 Å². The third-order valence-electron chi connectivity index (χ3n) is 6.45. The Morgan fingerprint density at radius 1 is 1.35 bits per heavy atom. The summed E-state index contributed by atoms with van der Waals surface area (Å²) in [5.41, 5.74) is 6.83.